The summed E-state index contributed by atoms with van der Waals surface area (Å²) < 4.78 is 1.98. The monoisotopic (exact) mass is 463 g/mol. The fourth-order valence-electron chi connectivity index (χ4n) is 3.68. The minimum Gasteiger partial charge on any atom is -0.322 e. The van der Waals surface area contributed by atoms with Crippen LogP contribution in [0.1, 0.15) is 32.0 Å². The third-order valence-electron chi connectivity index (χ3n) is 5.34. The smallest absolute Gasteiger partial charge is 0.256 e. The van der Waals surface area contributed by atoms with Gasteiger partial charge in [-0.1, -0.05) is 60.7 Å². The topological polar surface area (TPSA) is 63.5 Å². The Bertz CT molecular complexity index is 1440. The van der Waals surface area contributed by atoms with E-state index in [9.17, 15) is 9.59 Å². The van der Waals surface area contributed by atoms with Crippen LogP contribution in [0.15, 0.2) is 114 Å². The van der Waals surface area contributed by atoms with Crippen molar-refractivity contribution < 1.29 is 9.59 Å². The molecular formula is C28H21N3O2S. The van der Waals surface area contributed by atoms with Crippen molar-refractivity contribution in [3.63, 3.8) is 0 Å². The van der Waals surface area contributed by atoms with Gasteiger partial charge in [-0.05, 0) is 36.4 Å². The average Bonchev–Trinajstić information content (AvgIpc) is 3.31. The van der Waals surface area contributed by atoms with Crippen LogP contribution in [0.5, 0.6) is 0 Å². The Labute approximate surface area is 201 Å². The Kier molecular flexibility index (Phi) is 6.23. The van der Waals surface area contributed by atoms with Gasteiger partial charge in [0.05, 0.1) is 11.3 Å². The lowest BCUT2D eigenvalue weighted by Gasteiger charge is -2.10. The van der Waals surface area contributed by atoms with Crippen molar-refractivity contribution in [1.29, 1.82) is 0 Å². The number of hydrogen-bond donors (Lipinski definition) is 1. The van der Waals surface area contributed by atoms with Crippen molar-refractivity contribution >= 4 is 34.8 Å². The van der Waals surface area contributed by atoms with Crippen molar-refractivity contribution in [2.45, 2.75) is 10.6 Å². The maximum absolute atomic E-state index is 13.1. The van der Waals surface area contributed by atoms with E-state index in [4.69, 9.17) is 0 Å². The number of fused-ring (bicyclic) bond motifs is 1. The summed E-state index contributed by atoms with van der Waals surface area (Å²) in [6.07, 6.45) is 3.97. The number of benzene rings is 3. The second-order valence-electron chi connectivity index (χ2n) is 7.71. The van der Waals surface area contributed by atoms with Crippen LogP contribution in [0.25, 0.3) is 5.65 Å². The Morgan fingerprint density at radius 1 is 0.824 bits per heavy atom. The number of nitrogens with zero attached hydrogens (tertiary/aromatic N) is 2. The second-order valence-corrected chi connectivity index (χ2v) is 8.73. The fourth-order valence-corrected chi connectivity index (χ4v) is 4.61. The number of pyridine rings is 1. The van der Waals surface area contributed by atoms with Gasteiger partial charge in [0, 0.05) is 39.9 Å². The molecule has 0 saturated heterocycles. The van der Waals surface area contributed by atoms with Crippen molar-refractivity contribution in [2.75, 3.05) is 5.32 Å². The quantitative estimate of drug-likeness (QED) is 0.234. The first kappa shape index (κ1) is 21.7. The standard InChI is InChI=1S/C28H21N3O2S/c32-27(20-9-2-1-3-10-20)21-11-8-12-22(17-21)30-28(33)24-13-4-5-14-25(24)34-19-23-18-31-16-7-6-15-26(31)29-23/h1-18H,19H2,(H,30,33). The molecule has 6 heteroatoms. The van der Waals surface area contributed by atoms with E-state index in [1.807, 2.05) is 71.4 Å². The van der Waals surface area contributed by atoms with Gasteiger partial charge >= 0.3 is 0 Å². The van der Waals surface area contributed by atoms with E-state index in [-0.39, 0.29) is 11.7 Å². The maximum atomic E-state index is 13.1. The fraction of sp³-hybridized carbons (Fsp3) is 0.0357. The summed E-state index contributed by atoms with van der Waals surface area (Å²) in [7, 11) is 0. The number of ketones is 1. The molecule has 0 aliphatic heterocycles. The Hall–Kier alpha value is -4.16. The lowest BCUT2D eigenvalue weighted by molar-refractivity contribution is 0.101. The van der Waals surface area contributed by atoms with Gasteiger partial charge in [0.2, 0.25) is 0 Å². The summed E-state index contributed by atoms with van der Waals surface area (Å²) in [6.45, 7) is 0. The molecule has 2 heterocycles. The highest BCUT2D eigenvalue weighted by molar-refractivity contribution is 7.98. The van der Waals surface area contributed by atoms with E-state index >= 15 is 0 Å². The number of nitrogens with one attached hydrogen (secondary N) is 1. The van der Waals surface area contributed by atoms with Gasteiger partial charge in [-0.2, -0.15) is 0 Å². The van der Waals surface area contributed by atoms with Crippen LogP contribution in [0.2, 0.25) is 0 Å². The van der Waals surface area contributed by atoms with Crippen molar-refractivity contribution in [3.8, 4) is 0 Å². The van der Waals surface area contributed by atoms with Crippen LogP contribution in [0.3, 0.4) is 0 Å². The van der Waals surface area contributed by atoms with Crippen LogP contribution in [-0.2, 0) is 5.75 Å². The van der Waals surface area contributed by atoms with Crippen molar-refractivity contribution in [3.05, 3.63) is 132 Å². The maximum Gasteiger partial charge on any atom is 0.256 e. The molecule has 34 heavy (non-hydrogen) atoms. The molecule has 1 N–H and O–H groups in total. The first-order valence-electron chi connectivity index (χ1n) is 10.8. The molecule has 0 fully saturated rings. The van der Waals surface area contributed by atoms with Gasteiger partial charge in [-0.3, -0.25) is 9.59 Å². The van der Waals surface area contributed by atoms with Gasteiger partial charge in [-0.15, -0.1) is 11.8 Å². The third-order valence-corrected chi connectivity index (χ3v) is 6.45. The summed E-state index contributed by atoms with van der Waals surface area (Å²) in [5, 5.41) is 2.94. The molecule has 0 aliphatic rings. The number of hydrogen-bond acceptors (Lipinski definition) is 4. The van der Waals surface area contributed by atoms with Gasteiger partial charge in [0.1, 0.15) is 5.65 Å². The highest BCUT2D eigenvalue weighted by Crippen LogP contribution is 2.27. The molecule has 0 spiro atoms. The van der Waals surface area contributed by atoms with Gasteiger partial charge < -0.3 is 9.72 Å². The number of rotatable bonds is 7. The zero-order valence-corrected chi connectivity index (χ0v) is 19.0. The summed E-state index contributed by atoms with van der Waals surface area (Å²) in [5.41, 5.74) is 4.13. The molecule has 0 saturated carbocycles. The second kappa shape index (κ2) is 9.77. The van der Waals surface area contributed by atoms with Crippen LogP contribution < -0.4 is 5.32 Å². The molecular weight excluding hydrogens is 442 g/mol. The van der Waals surface area contributed by atoms with E-state index in [0.29, 0.717) is 28.1 Å². The lowest BCUT2D eigenvalue weighted by Crippen LogP contribution is -2.13. The zero-order chi connectivity index (χ0) is 23.3. The molecule has 0 radical (unpaired) electrons. The van der Waals surface area contributed by atoms with E-state index in [0.717, 1.165) is 16.2 Å². The molecule has 5 aromatic rings. The summed E-state index contributed by atoms with van der Waals surface area (Å²) in [5.74, 6) is 0.343. The SMILES string of the molecule is O=C(c1ccccc1)c1cccc(NC(=O)c2ccccc2SCc2cn3ccccc3n2)c1. The van der Waals surface area contributed by atoms with Gasteiger partial charge in [0.25, 0.3) is 5.91 Å². The zero-order valence-electron chi connectivity index (χ0n) is 18.2. The number of carbonyl (C=O) groups excluding carboxylic acids is 2. The average molecular weight is 464 g/mol. The molecule has 0 aliphatic carbocycles. The first-order chi connectivity index (χ1) is 16.7. The van der Waals surface area contributed by atoms with E-state index in [1.165, 1.54) is 0 Å². The lowest BCUT2D eigenvalue weighted by atomic mass is 10.0. The molecule has 0 bridgehead atoms. The summed E-state index contributed by atoms with van der Waals surface area (Å²) in [6, 6.07) is 29.5. The van der Waals surface area contributed by atoms with E-state index in [2.05, 4.69) is 10.3 Å². The van der Waals surface area contributed by atoms with Crippen molar-refractivity contribution in [2.24, 2.45) is 0 Å². The predicted molar refractivity (Wildman–Crippen MR) is 135 cm³/mol. The molecule has 1 amide bonds. The Morgan fingerprint density at radius 2 is 1.59 bits per heavy atom. The molecule has 3 aromatic carbocycles. The number of anilines is 1. The van der Waals surface area contributed by atoms with Gasteiger partial charge in [0.15, 0.2) is 5.78 Å². The molecule has 5 rings (SSSR count). The van der Waals surface area contributed by atoms with Crippen molar-refractivity contribution in [1.82, 2.24) is 9.38 Å². The Morgan fingerprint density at radius 3 is 2.44 bits per heavy atom. The minimum absolute atomic E-state index is 0.0832. The van der Waals surface area contributed by atoms with Crippen LogP contribution in [0, 0.1) is 0 Å². The molecule has 166 valence electrons. The minimum atomic E-state index is -0.220. The number of imidazole rings is 1. The highest BCUT2D eigenvalue weighted by atomic mass is 32.2. The van der Waals surface area contributed by atoms with Crippen LogP contribution >= 0.6 is 11.8 Å². The number of amides is 1. The summed E-state index contributed by atoms with van der Waals surface area (Å²) >= 11 is 1.57. The molecule has 2 aromatic heterocycles. The molecule has 5 nitrogen and oxygen atoms in total. The van der Waals surface area contributed by atoms with Gasteiger partial charge in [-0.25, -0.2) is 4.98 Å². The summed E-state index contributed by atoms with van der Waals surface area (Å²) in [4.78, 5) is 31.4. The highest BCUT2D eigenvalue weighted by Gasteiger charge is 2.14. The van der Waals surface area contributed by atoms with Crippen LogP contribution in [-0.4, -0.2) is 21.1 Å². The number of thioether (sulfide) groups is 1. The van der Waals surface area contributed by atoms with Crippen LogP contribution in [0.4, 0.5) is 5.69 Å². The predicted octanol–water partition coefficient (Wildman–Crippen LogP) is 6.11. The first-order valence-corrected chi connectivity index (χ1v) is 11.8. The number of carbonyl (C=O) groups is 2. The van der Waals surface area contributed by atoms with E-state index in [1.54, 1.807) is 54.2 Å². The Balaban J connectivity index is 1.31. The normalized spacial score (nSPS) is 10.8. The molecule has 0 unspecified atom stereocenters. The third kappa shape index (κ3) is 4.77. The van der Waals surface area contributed by atoms with E-state index < -0.39 is 0 Å². The largest absolute Gasteiger partial charge is 0.322 e. The number of aromatic nitrogens is 2. The molecule has 0 atom stereocenters.